The maximum Gasteiger partial charge on any atom is 0.326 e. The van der Waals surface area contributed by atoms with Crippen LogP contribution in [0.1, 0.15) is 12.7 Å². The molecule has 0 aliphatic carbocycles. The summed E-state index contributed by atoms with van der Waals surface area (Å²) < 4.78 is 34.0. The van der Waals surface area contributed by atoms with Crippen LogP contribution in [0, 0.1) is 0 Å². The molecular weight excluding hydrogens is 392 g/mol. The molecule has 1 aromatic carbocycles. The number of aryl methyl sites for hydroxylation is 1. The van der Waals surface area contributed by atoms with Crippen molar-refractivity contribution in [3.05, 3.63) is 53.4 Å². The summed E-state index contributed by atoms with van der Waals surface area (Å²) in [6.07, 6.45) is 2.28. The van der Waals surface area contributed by atoms with E-state index in [0.29, 0.717) is 17.3 Å². The lowest BCUT2D eigenvalue weighted by molar-refractivity contribution is -0.138. The number of carbonyl (C=O) groups is 1. The highest BCUT2D eigenvalue weighted by Crippen LogP contribution is 2.28. The second-order valence-corrected chi connectivity index (χ2v) is 7.87. The topological polar surface area (TPSA) is 93.9 Å². The molecule has 0 atom stereocenters. The van der Waals surface area contributed by atoms with E-state index in [1.165, 1.54) is 19.2 Å². The molecule has 2 heterocycles. The van der Waals surface area contributed by atoms with Crippen molar-refractivity contribution >= 4 is 38.9 Å². The van der Waals surface area contributed by atoms with E-state index >= 15 is 0 Å². The molecule has 0 saturated heterocycles. The molecule has 3 rings (SSSR count). The van der Waals surface area contributed by atoms with Crippen molar-refractivity contribution in [2.75, 3.05) is 18.0 Å². The summed E-state index contributed by atoms with van der Waals surface area (Å²) in [5.74, 6) is -0.0782. The van der Waals surface area contributed by atoms with Crippen molar-refractivity contribution in [2.45, 2.75) is 18.2 Å². The van der Waals surface area contributed by atoms with Gasteiger partial charge in [0.05, 0.1) is 12.8 Å². The van der Waals surface area contributed by atoms with E-state index in [1.54, 1.807) is 34.9 Å². The van der Waals surface area contributed by atoms with Crippen molar-refractivity contribution in [1.82, 2.24) is 14.6 Å². The number of nitrogens with zero attached hydrogens (tertiary/aromatic N) is 4. The molecule has 0 aliphatic heterocycles. The third-order valence-corrected chi connectivity index (χ3v) is 5.98. The lowest BCUT2D eigenvalue weighted by atomic mass is 10.3. The zero-order chi connectivity index (χ0) is 19.6. The number of aromatic nitrogens is 3. The van der Waals surface area contributed by atoms with Crippen molar-refractivity contribution in [2.24, 2.45) is 0 Å². The molecule has 3 aromatic rings. The fraction of sp³-hybridized carbons (Fsp3) is 0.235. The summed E-state index contributed by atoms with van der Waals surface area (Å²) in [6, 6.07) is 9.24. The van der Waals surface area contributed by atoms with E-state index in [4.69, 9.17) is 11.6 Å². The molecule has 0 spiro atoms. The molecule has 0 N–H and O–H groups in total. The van der Waals surface area contributed by atoms with Gasteiger partial charge in [0.25, 0.3) is 10.0 Å². The second kappa shape index (κ2) is 7.53. The van der Waals surface area contributed by atoms with Crippen LogP contribution in [0.5, 0.6) is 0 Å². The normalized spacial score (nSPS) is 11.5. The monoisotopic (exact) mass is 408 g/mol. The number of halogens is 1. The average molecular weight is 409 g/mol. The Morgan fingerprint density at radius 2 is 2.04 bits per heavy atom. The molecule has 0 saturated carbocycles. The fourth-order valence-electron chi connectivity index (χ4n) is 2.63. The van der Waals surface area contributed by atoms with Crippen LogP contribution >= 0.6 is 11.6 Å². The number of fused-ring (bicyclic) bond motifs is 1. The summed E-state index contributed by atoms with van der Waals surface area (Å²) in [7, 11) is -2.95. The molecule has 27 heavy (non-hydrogen) atoms. The number of benzene rings is 1. The van der Waals surface area contributed by atoms with Crippen LogP contribution < -0.4 is 4.31 Å². The Labute approximate surface area is 161 Å². The first-order valence-electron chi connectivity index (χ1n) is 8.06. The molecule has 0 bridgehead atoms. The second-order valence-electron chi connectivity index (χ2n) is 5.60. The van der Waals surface area contributed by atoms with Crippen LogP contribution in [-0.4, -0.2) is 42.6 Å². The number of pyridine rings is 1. The molecule has 0 aliphatic rings. The molecule has 0 unspecified atom stereocenters. The maximum atomic E-state index is 13.4. The van der Waals surface area contributed by atoms with Gasteiger partial charge in [0.1, 0.15) is 17.3 Å². The lowest BCUT2D eigenvalue weighted by Crippen LogP contribution is -2.36. The number of sulfonamides is 1. The van der Waals surface area contributed by atoms with Crippen molar-refractivity contribution in [3.63, 3.8) is 0 Å². The molecular formula is C17H17ClN4O4S. The van der Waals surface area contributed by atoms with Gasteiger partial charge in [0.2, 0.25) is 0 Å². The number of anilines is 1. The van der Waals surface area contributed by atoms with Crippen LogP contribution in [0.15, 0.2) is 47.5 Å². The Bertz CT molecular complexity index is 1100. The Hall–Kier alpha value is -2.65. The Morgan fingerprint density at radius 3 is 2.70 bits per heavy atom. The van der Waals surface area contributed by atoms with Crippen LogP contribution in [-0.2, 0) is 26.0 Å². The number of hydrogen-bond acceptors (Lipinski definition) is 6. The minimum atomic E-state index is -4.15. The van der Waals surface area contributed by atoms with Gasteiger partial charge in [-0.05, 0) is 30.3 Å². The van der Waals surface area contributed by atoms with Crippen LogP contribution in [0.4, 0.5) is 5.69 Å². The third-order valence-electron chi connectivity index (χ3n) is 3.95. The van der Waals surface area contributed by atoms with Gasteiger partial charge in [-0.25, -0.2) is 8.42 Å². The molecule has 10 heteroatoms. The van der Waals surface area contributed by atoms with Gasteiger partial charge in [-0.1, -0.05) is 24.6 Å². The predicted molar refractivity (Wildman–Crippen MR) is 100 cm³/mol. The molecule has 0 radical (unpaired) electrons. The number of hydrogen-bond donors (Lipinski definition) is 0. The van der Waals surface area contributed by atoms with Crippen LogP contribution in [0.2, 0.25) is 5.02 Å². The predicted octanol–water partition coefficient (Wildman–Crippen LogP) is 2.31. The molecule has 0 amide bonds. The van der Waals surface area contributed by atoms with Gasteiger partial charge in [0, 0.05) is 17.6 Å². The van der Waals surface area contributed by atoms with Crippen molar-refractivity contribution in [3.8, 4) is 0 Å². The molecule has 2 aromatic heterocycles. The summed E-state index contributed by atoms with van der Waals surface area (Å²) in [6.45, 7) is 1.39. The van der Waals surface area contributed by atoms with Gasteiger partial charge in [-0.3, -0.25) is 13.5 Å². The van der Waals surface area contributed by atoms with E-state index in [9.17, 15) is 13.2 Å². The summed E-state index contributed by atoms with van der Waals surface area (Å²) >= 11 is 6.01. The summed E-state index contributed by atoms with van der Waals surface area (Å²) in [4.78, 5) is 11.8. The van der Waals surface area contributed by atoms with Crippen LogP contribution in [0.3, 0.4) is 0 Å². The van der Waals surface area contributed by atoms with Gasteiger partial charge in [-0.15, -0.1) is 10.2 Å². The van der Waals surface area contributed by atoms with Crippen molar-refractivity contribution in [1.29, 1.82) is 0 Å². The quantitative estimate of drug-likeness (QED) is 0.581. The SMILES string of the molecule is CCc1nnc2c(S(=O)(=O)N(CC(=O)OC)c3cccc(Cl)c3)cccn12. The standard InChI is InChI=1S/C17H17ClN4O4S/c1-3-15-19-20-17-14(8-5-9-21(15)17)27(24,25)22(11-16(23)26-2)13-7-4-6-12(18)10-13/h4-10H,3,11H2,1-2H3. The van der Waals surface area contributed by atoms with Gasteiger partial charge >= 0.3 is 5.97 Å². The van der Waals surface area contributed by atoms with Gasteiger partial charge in [-0.2, -0.15) is 0 Å². The Balaban J connectivity index is 2.19. The fourth-order valence-corrected chi connectivity index (χ4v) is 4.34. The van der Waals surface area contributed by atoms with Crippen molar-refractivity contribution < 1.29 is 17.9 Å². The van der Waals surface area contributed by atoms with E-state index in [1.807, 2.05) is 6.92 Å². The average Bonchev–Trinajstić information content (AvgIpc) is 3.08. The third kappa shape index (κ3) is 3.60. The Morgan fingerprint density at radius 1 is 1.26 bits per heavy atom. The number of rotatable bonds is 6. The first-order valence-corrected chi connectivity index (χ1v) is 9.88. The zero-order valence-electron chi connectivity index (χ0n) is 14.7. The van der Waals surface area contributed by atoms with E-state index in [0.717, 1.165) is 4.31 Å². The minimum Gasteiger partial charge on any atom is -0.468 e. The number of methoxy groups -OCH3 is 1. The largest absolute Gasteiger partial charge is 0.468 e. The first kappa shape index (κ1) is 19.1. The highest BCUT2D eigenvalue weighted by molar-refractivity contribution is 7.93. The zero-order valence-corrected chi connectivity index (χ0v) is 16.2. The minimum absolute atomic E-state index is 0.0684. The van der Waals surface area contributed by atoms with E-state index in [2.05, 4.69) is 14.9 Å². The van der Waals surface area contributed by atoms with Gasteiger partial charge in [0.15, 0.2) is 5.65 Å². The summed E-state index contributed by atoms with van der Waals surface area (Å²) in [5.41, 5.74) is 0.427. The molecule has 142 valence electrons. The van der Waals surface area contributed by atoms with Crippen LogP contribution in [0.25, 0.3) is 5.65 Å². The first-order chi connectivity index (χ1) is 12.9. The Kier molecular flexibility index (Phi) is 5.33. The molecule has 0 fully saturated rings. The lowest BCUT2D eigenvalue weighted by Gasteiger charge is -2.23. The number of ether oxygens (including phenoxy) is 1. The van der Waals surface area contributed by atoms with E-state index < -0.39 is 22.5 Å². The smallest absolute Gasteiger partial charge is 0.326 e. The van der Waals surface area contributed by atoms with Gasteiger partial charge < -0.3 is 4.74 Å². The maximum absolute atomic E-state index is 13.4. The highest BCUT2D eigenvalue weighted by atomic mass is 35.5. The highest BCUT2D eigenvalue weighted by Gasteiger charge is 2.30. The molecule has 8 nitrogen and oxygen atoms in total. The summed E-state index contributed by atoms with van der Waals surface area (Å²) in [5, 5.41) is 8.38. The number of carbonyl (C=O) groups excluding carboxylic acids is 1. The van der Waals surface area contributed by atoms with E-state index in [-0.39, 0.29) is 16.2 Å². The number of esters is 1.